The van der Waals surface area contributed by atoms with Crippen LogP contribution in [0.1, 0.15) is 27.2 Å². The molecule has 0 aromatic heterocycles. The summed E-state index contributed by atoms with van der Waals surface area (Å²) in [6.07, 6.45) is 0.904. The molecule has 11 heavy (non-hydrogen) atoms. The van der Waals surface area contributed by atoms with Gasteiger partial charge in [-0.05, 0) is 20.3 Å². The normalized spacial score (nSPS) is 11.3. The van der Waals surface area contributed by atoms with Gasteiger partial charge in [0.2, 0.25) is 0 Å². The summed E-state index contributed by atoms with van der Waals surface area (Å²) in [4.78, 5) is 10.8. The van der Waals surface area contributed by atoms with Crippen LogP contribution in [0.4, 0.5) is 0 Å². The maximum absolute atomic E-state index is 10.8. The number of esters is 1. The van der Waals surface area contributed by atoms with E-state index in [1.807, 2.05) is 13.8 Å². The summed E-state index contributed by atoms with van der Waals surface area (Å²) in [7, 11) is 1.40. The molecule has 0 spiro atoms. The number of carbonyl (C=O) groups is 1. The van der Waals surface area contributed by atoms with Gasteiger partial charge in [-0.2, -0.15) is 0 Å². The number of ether oxygens (including phenoxy) is 1. The van der Waals surface area contributed by atoms with Crippen molar-refractivity contribution in [1.29, 1.82) is 0 Å². The zero-order valence-corrected chi connectivity index (χ0v) is 7.73. The molecule has 0 atom stereocenters. The second kappa shape index (κ2) is 5.92. The maximum Gasteiger partial charge on any atom is 0.333 e. The first kappa shape index (κ1) is 12.8. The highest BCUT2D eigenvalue weighted by Crippen LogP contribution is 2.07. The van der Waals surface area contributed by atoms with Crippen LogP contribution in [0.5, 0.6) is 0 Å². The average Bonchev–Trinajstić information content (AvgIpc) is 2.00. The van der Waals surface area contributed by atoms with Crippen molar-refractivity contribution in [2.45, 2.75) is 27.2 Å². The molecule has 0 amide bonds. The van der Waals surface area contributed by atoms with Crippen LogP contribution in [0.3, 0.4) is 0 Å². The van der Waals surface area contributed by atoms with E-state index < -0.39 is 0 Å². The summed E-state index contributed by atoms with van der Waals surface area (Å²) in [5.74, 6) is -0.223. The number of methoxy groups -OCH3 is 1. The molecule has 0 fully saturated rings. The van der Waals surface area contributed by atoms with Crippen molar-refractivity contribution in [2.75, 3.05) is 7.11 Å². The highest BCUT2D eigenvalue weighted by molar-refractivity contribution is 5.88. The standard InChI is InChI=1S/C8H14O2.H3N/c1-5-6(2)7(3)8(9)10-4;/h5H2,1-4H3;1H3. The first-order valence-corrected chi connectivity index (χ1v) is 3.38. The summed E-state index contributed by atoms with van der Waals surface area (Å²) in [5, 5.41) is 0. The van der Waals surface area contributed by atoms with E-state index in [0.717, 1.165) is 17.6 Å². The number of hydrogen-bond donors (Lipinski definition) is 1. The Balaban J connectivity index is 0. The third kappa shape index (κ3) is 3.78. The third-order valence-corrected chi connectivity index (χ3v) is 1.66. The van der Waals surface area contributed by atoms with Crippen molar-refractivity contribution in [3.05, 3.63) is 11.1 Å². The molecule has 3 N–H and O–H groups in total. The summed E-state index contributed by atoms with van der Waals surface area (Å²) >= 11 is 0. The van der Waals surface area contributed by atoms with Crippen LogP contribution in [-0.2, 0) is 9.53 Å². The smallest absolute Gasteiger partial charge is 0.333 e. The van der Waals surface area contributed by atoms with Crippen molar-refractivity contribution < 1.29 is 9.53 Å². The highest BCUT2D eigenvalue weighted by Gasteiger charge is 2.04. The van der Waals surface area contributed by atoms with E-state index in [0.29, 0.717) is 0 Å². The third-order valence-electron chi connectivity index (χ3n) is 1.66. The molecule has 66 valence electrons. The zero-order valence-electron chi connectivity index (χ0n) is 7.73. The molecule has 0 aliphatic heterocycles. The second-order valence-electron chi connectivity index (χ2n) is 2.25. The Morgan fingerprint density at radius 2 is 1.82 bits per heavy atom. The Labute approximate surface area is 68.0 Å². The summed E-state index contributed by atoms with van der Waals surface area (Å²) in [5.41, 5.74) is 1.82. The van der Waals surface area contributed by atoms with Crippen LogP contribution >= 0.6 is 0 Å². The molecular formula is C8H17NO2. The van der Waals surface area contributed by atoms with Gasteiger partial charge in [-0.15, -0.1) is 0 Å². The average molecular weight is 159 g/mol. The van der Waals surface area contributed by atoms with Crippen LogP contribution in [0.2, 0.25) is 0 Å². The molecule has 0 saturated heterocycles. The first-order chi connectivity index (χ1) is 4.63. The second-order valence-corrected chi connectivity index (χ2v) is 2.25. The minimum absolute atomic E-state index is 0. The molecule has 0 aromatic rings. The first-order valence-electron chi connectivity index (χ1n) is 3.38. The fourth-order valence-corrected chi connectivity index (χ4v) is 0.592. The van der Waals surface area contributed by atoms with Gasteiger partial charge in [-0.25, -0.2) is 4.79 Å². The Kier molecular flexibility index (Phi) is 6.89. The predicted molar refractivity (Wildman–Crippen MR) is 45.7 cm³/mol. The molecule has 0 saturated carbocycles. The molecule has 0 aromatic carbocycles. The SMILES string of the molecule is CCC(C)=C(C)C(=O)OC.N. The zero-order chi connectivity index (χ0) is 8.15. The van der Waals surface area contributed by atoms with Crippen molar-refractivity contribution in [3.63, 3.8) is 0 Å². The Hall–Kier alpha value is -0.830. The van der Waals surface area contributed by atoms with E-state index >= 15 is 0 Å². The Morgan fingerprint density at radius 3 is 2.09 bits per heavy atom. The highest BCUT2D eigenvalue weighted by atomic mass is 16.5. The lowest BCUT2D eigenvalue weighted by molar-refractivity contribution is -0.136. The molecule has 0 aliphatic carbocycles. The van der Waals surface area contributed by atoms with Crippen LogP contribution in [0, 0.1) is 0 Å². The topological polar surface area (TPSA) is 61.3 Å². The van der Waals surface area contributed by atoms with Gasteiger partial charge < -0.3 is 10.9 Å². The number of carbonyl (C=O) groups excluding carboxylic acids is 1. The number of rotatable bonds is 2. The van der Waals surface area contributed by atoms with Crippen molar-refractivity contribution >= 4 is 5.97 Å². The van der Waals surface area contributed by atoms with E-state index in [1.54, 1.807) is 6.92 Å². The molecule has 0 aliphatic rings. The van der Waals surface area contributed by atoms with Gasteiger partial charge in [0, 0.05) is 5.57 Å². The Bertz CT molecular complexity index is 161. The number of hydrogen-bond acceptors (Lipinski definition) is 3. The van der Waals surface area contributed by atoms with E-state index in [4.69, 9.17) is 0 Å². The lowest BCUT2D eigenvalue weighted by Crippen LogP contribution is -2.03. The predicted octanol–water partition coefficient (Wildman–Crippen LogP) is 2.07. The lowest BCUT2D eigenvalue weighted by atomic mass is 10.1. The van der Waals surface area contributed by atoms with E-state index in [9.17, 15) is 4.79 Å². The van der Waals surface area contributed by atoms with Gasteiger partial charge in [0.15, 0.2) is 0 Å². The number of allylic oxidation sites excluding steroid dienone is 1. The maximum atomic E-state index is 10.8. The van der Waals surface area contributed by atoms with Gasteiger partial charge in [-0.1, -0.05) is 12.5 Å². The van der Waals surface area contributed by atoms with Gasteiger partial charge >= 0.3 is 5.97 Å². The summed E-state index contributed by atoms with van der Waals surface area (Å²) < 4.78 is 4.54. The molecule has 0 radical (unpaired) electrons. The lowest BCUT2D eigenvalue weighted by Gasteiger charge is -2.01. The fourth-order valence-electron chi connectivity index (χ4n) is 0.592. The molecule has 0 heterocycles. The quantitative estimate of drug-likeness (QED) is 0.495. The van der Waals surface area contributed by atoms with Crippen LogP contribution < -0.4 is 6.15 Å². The fraction of sp³-hybridized carbons (Fsp3) is 0.625. The molecule has 0 unspecified atom stereocenters. The van der Waals surface area contributed by atoms with Crippen molar-refractivity contribution in [2.24, 2.45) is 0 Å². The molecule has 3 heteroatoms. The van der Waals surface area contributed by atoms with Gasteiger partial charge in [0.05, 0.1) is 7.11 Å². The van der Waals surface area contributed by atoms with E-state index in [2.05, 4.69) is 4.74 Å². The Morgan fingerprint density at radius 1 is 1.36 bits per heavy atom. The largest absolute Gasteiger partial charge is 0.466 e. The molecule has 0 bridgehead atoms. The van der Waals surface area contributed by atoms with Gasteiger partial charge in [0.1, 0.15) is 0 Å². The van der Waals surface area contributed by atoms with Crippen molar-refractivity contribution in [3.8, 4) is 0 Å². The molecular weight excluding hydrogens is 142 g/mol. The van der Waals surface area contributed by atoms with Crippen LogP contribution in [0.15, 0.2) is 11.1 Å². The van der Waals surface area contributed by atoms with Gasteiger partial charge in [0.25, 0.3) is 0 Å². The van der Waals surface area contributed by atoms with E-state index in [-0.39, 0.29) is 12.1 Å². The van der Waals surface area contributed by atoms with Crippen molar-refractivity contribution in [1.82, 2.24) is 6.15 Å². The minimum Gasteiger partial charge on any atom is -0.466 e. The van der Waals surface area contributed by atoms with E-state index in [1.165, 1.54) is 7.11 Å². The molecule has 3 nitrogen and oxygen atoms in total. The monoisotopic (exact) mass is 159 g/mol. The summed E-state index contributed by atoms with van der Waals surface area (Å²) in [6.45, 7) is 5.73. The summed E-state index contributed by atoms with van der Waals surface area (Å²) in [6, 6.07) is 0. The minimum atomic E-state index is -0.223. The van der Waals surface area contributed by atoms with Gasteiger partial charge in [-0.3, -0.25) is 0 Å². The molecule has 0 rings (SSSR count). The van der Waals surface area contributed by atoms with Crippen LogP contribution in [-0.4, -0.2) is 13.1 Å². The van der Waals surface area contributed by atoms with Crippen LogP contribution in [0.25, 0.3) is 0 Å².